The molecule has 1 aliphatic heterocycles. The molecule has 0 amide bonds. The van der Waals surface area contributed by atoms with Crippen LogP contribution in [0.1, 0.15) is 23.7 Å². The van der Waals surface area contributed by atoms with E-state index in [0.29, 0.717) is 19.3 Å². The average Bonchev–Trinajstić information content (AvgIpc) is 2.54. The van der Waals surface area contributed by atoms with E-state index < -0.39 is 0 Å². The Bertz CT molecular complexity index is 672. The monoisotopic (exact) mass is 312 g/mol. The quantitative estimate of drug-likeness (QED) is 0.849. The fourth-order valence-corrected chi connectivity index (χ4v) is 2.80. The highest BCUT2D eigenvalue weighted by atomic mass is 16.6. The van der Waals surface area contributed by atoms with Crippen LogP contribution in [-0.2, 0) is 13.0 Å². The van der Waals surface area contributed by atoms with Crippen molar-refractivity contribution in [2.24, 2.45) is 0 Å². The second-order valence-corrected chi connectivity index (χ2v) is 6.27. The largest absolute Gasteiger partial charge is 0.486 e. The lowest BCUT2D eigenvalue weighted by molar-refractivity contribution is 0.171. The van der Waals surface area contributed by atoms with Gasteiger partial charge in [0.2, 0.25) is 0 Å². The molecule has 0 fully saturated rings. The van der Waals surface area contributed by atoms with Gasteiger partial charge in [0, 0.05) is 30.9 Å². The van der Waals surface area contributed by atoms with E-state index in [1.165, 1.54) is 11.1 Å². The van der Waals surface area contributed by atoms with Crippen molar-refractivity contribution in [2.45, 2.75) is 32.9 Å². The van der Waals surface area contributed by atoms with E-state index in [2.05, 4.69) is 49.0 Å². The van der Waals surface area contributed by atoms with Crippen molar-refractivity contribution >= 4 is 0 Å². The zero-order valence-electron chi connectivity index (χ0n) is 14.1. The van der Waals surface area contributed by atoms with Gasteiger partial charge in [-0.15, -0.1) is 0 Å². The number of fused-ring (bicyclic) bond motifs is 1. The summed E-state index contributed by atoms with van der Waals surface area (Å²) in [5, 5.41) is 0. The Morgan fingerprint density at radius 2 is 1.91 bits per heavy atom. The van der Waals surface area contributed by atoms with Gasteiger partial charge in [-0.1, -0.05) is 6.07 Å². The fourth-order valence-electron chi connectivity index (χ4n) is 2.80. The van der Waals surface area contributed by atoms with Gasteiger partial charge in [-0.25, -0.2) is 0 Å². The minimum atomic E-state index is 0.414. The molecule has 23 heavy (non-hydrogen) atoms. The van der Waals surface area contributed by atoms with Crippen LogP contribution < -0.4 is 9.47 Å². The van der Waals surface area contributed by atoms with Crippen LogP contribution >= 0.6 is 0 Å². The van der Waals surface area contributed by atoms with Crippen molar-refractivity contribution in [3.05, 3.63) is 53.3 Å². The third-order valence-corrected chi connectivity index (χ3v) is 4.27. The smallest absolute Gasteiger partial charge is 0.161 e. The molecule has 0 bridgehead atoms. The minimum absolute atomic E-state index is 0.414. The molecule has 122 valence electrons. The van der Waals surface area contributed by atoms with Crippen LogP contribution in [0.4, 0.5) is 0 Å². The number of rotatable bonds is 5. The van der Waals surface area contributed by atoms with E-state index in [9.17, 15) is 0 Å². The molecule has 0 unspecified atom stereocenters. The zero-order chi connectivity index (χ0) is 16.2. The number of hydrogen-bond donors (Lipinski definition) is 0. The average molecular weight is 312 g/mol. The normalized spacial score (nSPS) is 14.8. The summed E-state index contributed by atoms with van der Waals surface area (Å²) in [5.41, 5.74) is 3.64. The third-order valence-electron chi connectivity index (χ3n) is 4.27. The lowest BCUT2D eigenvalue weighted by Crippen LogP contribution is -2.30. The standard InChI is InChI=1S/C19H24N2O2/c1-14-6-7-20-17(10-14)11-15(2)21(3)13-16-4-5-18-19(12-16)23-9-8-22-18/h4-7,10,12,15H,8-9,11,13H2,1-3H3/t15-/m0/s1. The molecule has 1 aromatic heterocycles. The highest BCUT2D eigenvalue weighted by Gasteiger charge is 2.15. The second-order valence-electron chi connectivity index (χ2n) is 6.27. The van der Waals surface area contributed by atoms with E-state index in [4.69, 9.17) is 9.47 Å². The van der Waals surface area contributed by atoms with Crippen molar-refractivity contribution in [2.75, 3.05) is 20.3 Å². The molecule has 0 radical (unpaired) electrons. The molecule has 3 rings (SSSR count). The topological polar surface area (TPSA) is 34.6 Å². The number of hydrogen-bond acceptors (Lipinski definition) is 4. The van der Waals surface area contributed by atoms with Crippen LogP contribution in [0.5, 0.6) is 11.5 Å². The highest BCUT2D eigenvalue weighted by Crippen LogP contribution is 2.31. The lowest BCUT2D eigenvalue weighted by atomic mass is 10.1. The molecule has 0 N–H and O–H groups in total. The molecule has 2 aromatic rings. The van der Waals surface area contributed by atoms with Gasteiger partial charge in [-0.3, -0.25) is 9.88 Å². The van der Waals surface area contributed by atoms with Crippen LogP contribution in [0, 0.1) is 6.92 Å². The zero-order valence-corrected chi connectivity index (χ0v) is 14.1. The molecule has 1 aliphatic rings. The van der Waals surface area contributed by atoms with Gasteiger partial charge < -0.3 is 9.47 Å². The number of pyridine rings is 1. The summed E-state index contributed by atoms with van der Waals surface area (Å²) in [6.45, 7) is 6.48. The Balaban J connectivity index is 1.63. The SMILES string of the molecule is Cc1ccnc(C[C@H](C)N(C)Cc2ccc3c(c2)OCCO3)c1. The molecule has 0 aliphatic carbocycles. The number of benzene rings is 1. The summed E-state index contributed by atoms with van der Waals surface area (Å²) >= 11 is 0. The molecule has 4 heteroatoms. The minimum Gasteiger partial charge on any atom is -0.486 e. The van der Waals surface area contributed by atoms with E-state index in [1.54, 1.807) is 0 Å². The van der Waals surface area contributed by atoms with Gasteiger partial charge in [0.15, 0.2) is 11.5 Å². The molecule has 4 nitrogen and oxygen atoms in total. The van der Waals surface area contributed by atoms with Crippen molar-refractivity contribution < 1.29 is 9.47 Å². The van der Waals surface area contributed by atoms with Gasteiger partial charge in [0.05, 0.1) is 0 Å². The summed E-state index contributed by atoms with van der Waals surface area (Å²) in [6, 6.07) is 10.8. The Morgan fingerprint density at radius 3 is 2.70 bits per heavy atom. The van der Waals surface area contributed by atoms with Crippen LogP contribution in [0.25, 0.3) is 0 Å². The number of aromatic nitrogens is 1. The number of ether oxygens (including phenoxy) is 2. The van der Waals surface area contributed by atoms with Crippen LogP contribution in [0.2, 0.25) is 0 Å². The highest BCUT2D eigenvalue weighted by molar-refractivity contribution is 5.43. The summed E-state index contributed by atoms with van der Waals surface area (Å²) < 4.78 is 11.2. The molecular weight excluding hydrogens is 288 g/mol. The summed E-state index contributed by atoms with van der Waals surface area (Å²) in [7, 11) is 2.15. The first-order chi connectivity index (χ1) is 11.1. The molecule has 0 saturated heterocycles. The molecule has 0 saturated carbocycles. The Labute approximate surface area is 138 Å². The summed E-state index contributed by atoms with van der Waals surface area (Å²) in [5.74, 6) is 1.70. The van der Waals surface area contributed by atoms with Crippen LogP contribution in [0.3, 0.4) is 0 Å². The van der Waals surface area contributed by atoms with Crippen molar-refractivity contribution in [1.29, 1.82) is 0 Å². The Kier molecular flexibility index (Phi) is 4.82. The van der Waals surface area contributed by atoms with Gasteiger partial charge in [0.1, 0.15) is 13.2 Å². The molecule has 0 spiro atoms. The van der Waals surface area contributed by atoms with Crippen molar-refractivity contribution in [3.8, 4) is 11.5 Å². The first kappa shape index (κ1) is 15.8. The second kappa shape index (κ2) is 7.01. The fraction of sp³-hybridized carbons (Fsp3) is 0.421. The molecule has 1 atom stereocenters. The molecule has 2 heterocycles. The lowest BCUT2D eigenvalue weighted by Gasteiger charge is -2.25. The van der Waals surface area contributed by atoms with Gasteiger partial charge in [-0.2, -0.15) is 0 Å². The van der Waals surface area contributed by atoms with Crippen molar-refractivity contribution in [1.82, 2.24) is 9.88 Å². The summed E-state index contributed by atoms with van der Waals surface area (Å²) in [4.78, 5) is 6.81. The van der Waals surface area contributed by atoms with Gasteiger partial charge in [-0.05, 0) is 56.3 Å². The summed E-state index contributed by atoms with van der Waals surface area (Å²) in [6.07, 6.45) is 2.83. The number of likely N-dealkylation sites (N-methyl/N-ethyl adjacent to an activating group) is 1. The predicted octanol–water partition coefficient (Wildman–Crippen LogP) is 3.22. The van der Waals surface area contributed by atoms with Gasteiger partial charge >= 0.3 is 0 Å². The maximum Gasteiger partial charge on any atom is 0.161 e. The van der Waals surface area contributed by atoms with Gasteiger partial charge in [0.25, 0.3) is 0 Å². The maximum atomic E-state index is 5.66. The Morgan fingerprint density at radius 1 is 1.13 bits per heavy atom. The first-order valence-electron chi connectivity index (χ1n) is 8.12. The maximum absolute atomic E-state index is 5.66. The first-order valence-corrected chi connectivity index (χ1v) is 8.12. The van der Waals surface area contributed by atoms with E-state index in [1.807, 2.05) is 18.3 Å². The number of aryl methyl sites for hydroxylation is 1. The third kappa shape index (κ3) is 4.02. The predicted molar refractivity (Wildman–Crippen MR) is 91.0 cm³/mol. The van der Waals surface area contributed by atoms with Crippen molar-refractivity contribution in [3.63, 3.8) is 0 Å². The molecular formula is C19H24N2O2. The van der Waals surface area contributed by atoms with E-state index >= 15 is 0 Å². The van der Waals surface area contributed by atoms with Crippen LogP contribution in [-0.4, -0.2) is 36.2 Å². The van der Waals surface area contributed by atoms with E-state index in [0.717, 1.165) is 30.2 Å². The number of nitrogens with zero attached hydrogens (tertiary/aromatic N) is 2. The van der Waals surface area contributed by atoms with E-state index in [-0.39, 0.29) is 0 Å². The van der Waals surface area contributed by atoms with Crippen LogP contribution in [0.15, 0.2) is 36.5 Å². The Hall–Kier alpha value is -2.07. The molecule has 1 aromatic carbocycles.